The van der Waals surface area contributed by atoms with E-state index in [2.05, 4.69) is 12.0 Å². The van der Waals surface area contributed by atoms with Crippen LogP contribution in [0.2, 0.25) is 10.0 Å². The highest BCUT2D eigenvalue weighted by Crippen LogP contribution is 2.22. The van der Waals surface area contributed by atoms with Gasteiger partial charge in [0.15, 0.2) is 12.2 Å². The Morgan fingerprint density at radius 2 is 1.19 bits per heavy atom. The maximum atomic E-state index is 12.2. The molecule has 0 fully saturated rings. The minimum absolute atomic E-state index is 0.280. The van der Waals surface area contributed by atoms with Crippen molar-refractivity contribution in [2.45, 2.75) is 38.9 Å². The van der Waals surface area contributed by atoms with Crippen molar-refractivity contribution >= 4 is 35.1 Å². The number of carbonyl (C=O) groups is 2. The average molecular weight is 465 g/mol. The summed E-state index contributed by atoms with van der Waals surface area (Å²) in [5.41, 5.74) is -2.53. The number of esters is 2. The molecule has 0 bridgehead atoms. The van der Waals surface area contributed by atoms with E-state index in [0.717, 1.165) is 0 Å². The molecule has 0 radical (unpaired) electrons. The second-order valence-corrected chi connectivity index (χ2v) is 8.25. The van der Waals surface area contributed by atoms with Crippen LogP contribution in [0.25, 0.3) is 0 Å². The van der Waals surface area contributed by atoms with Crippen LogP contribution < -0.4 is 9.47 Å². The maximum absolute atomic E-state index is 12.2. The Bertz CT molecular complexity index is 970. The third-order valence-electron chi connectivity index (χ3n) is 3.85. The molecule has 2 aromatic carbocycles. The van der Waals surface area contributed by atoms with Crippen LogP contribution in [-0.4, -0.2) is 29.7 Å². The molecule has 0 amide bonds. The molecule has 31 heavy (non-hydrogen) atoms. The van der Waals surface area contributed by atoms with Gasteiger partial charge in [-0.2, -0.15) is 0 Å². The second-order valence-electron chi connectivity index (χ2n) is 7.38. The molecule has 0 aromatic heterocycles. The number of hydrogen-bond donors (Lipinski definition) is 0. The van der Waals surface area contributed by atoms with Crippen LogP contribution in [0, 0.1) is 12.0 Å². The monoisotopic (exact) mass is 464 g/mol. The molecule has 2 rings (SSSR count). The fourth-order valence-corrected chi connectivity index (χ4v) is 2.44. The van der Waals surface area contributed by atoms with Gasteiger partial charge in [0, 0.05) is 10.0 Å². The molecule has 2 aromatic rings. The van der Waals surface area contributed by atoms with Crippen molar-refractivity contribution in [2.75, 3.05) is 6.61 Å². The predicted octanol–water partition coefficient (Wildman–Crippen LogP) is 5.06. The van der Waals surface area contributed by atoms with Crippen molar-refractivity contribution in [3.8, 4) is 23.5 Å². The Labute approximate surface area is 191 Å². The van der Waals surface area contributed by atoms with Gasteiger partial charge >= 0.3 is 11.9 Å². The number of hydrogen-bond acceptors (Lipinski definition) is 6. The molecule has 0 unspecified atom stereocenters. The van der Waals surface area contributed by atoms with Gasteiger partial charge in [-0.25, -0.2) is 9.59 Å². The summed E-state index contributed by atoms with van der Waals surface area (Å²) in [6.45, 7) is 5.94. The van der Waals surface area contributed by atoms with E-state index in [-0.39, 0.29) is 6.61 Å². The van der Waals surface area contributed by atoms with Crippen molar-refractivity contribution in [1.29, 1.82) is 0 Å². The molecule has 0 aliphatic heterocycles. The van der Waals surface area contributed by atoms with Gasteiger partial charge in [0.25, 0.3) is 0 Å². The molecule has 8 heteroatoms. The first-order valence-electron chi connectivity index (χ1n) is 9.25. The Balaban J connectivity index is 1.82. The summed E-state index contributed by atoms with van der Waals surface area (Å²) in [6.07, 6.45) is 2.22. The van der Waals surface area contributed by atoms with Crippen LogP contribution in [-0.2, 0) is 19.1 Å². The first kappa shape index (κ1) is 24.4. The van der Waals surface area contributed by atoms with E-state index < -0.39 is 23.1 Å². The van der Waals surface area contributed by atoms with Crippen LogP contribution in [0.3, 0.4) is 0 Å². The van der Waals surface area contributed by atoms with Crippen molar-refractivity contribution in [1.82, 2.24) is 0 Å². The number of halogens is 2. The largest absolute Gasteiger partial charge is 0.476 e. The lowest BCUT2D eigenvalue weighted by molar-refractivity contribution is -0.157. The smallest absolute Gasteiger partial charge is 0.363 e. The molecule has 0 spiro atoms. The average Bonchev–Trinajstić information content (AvgIpc) is 2.70. The highest BCUT2D eigenvalue weighted by atomic mass is 35.5. The molecule has 6 nitrogen and oxygen atoms in total. The highest BCUT2D eigenvalue weighted by Gasteiger charge is 2.33. The molecule has 0 aliphatic rings. The van der Waals surface area contributed by atoms with Gasteiger partial charge in [-0.15, -0.1) is 0 Å². The number of carbonyl (C=O) groups excluding carboxylic acids is 2. The molecule has 0 saturated heterocycles. The van der Waals surface area contributed by atoms with Crippen LogP contribution in [0.4, 0.5) is 0 Å². The minimum Gasteiger partial charge on any atom is -0.476 e. The summed E-state index contributed by atoms with van der Waals surface area (Å²) in [4.78, 5) is 24.4. The summed E-state index contributed by atoms with van der Waals surface area (Å²) in [7, 11) is 0. The van der Waals surface area contributed by atoms with Gasteiger partial charge in [0.1, 0.15) is 17.6 Å². The van der Waals surface area contributed by atoms with Crippen LogP contribution >= 0.6 is 23.2 Å². The van der Waals surface area contributed by atoms with Gasteiger partial charge in [-0.3, -0.25) is 0 Å². The third kappa shape index (κ3) is 7.71. The van der Waals surface area contributed by atoms with Crippen LogP contribution in [0.15, 0.2) is 48.5 Å². The van der Waals surface area contributed by atoms with Crippen molar-refractivity contribution in [3.05, 3.63) is 58.6 Å². The zero-order valence-electron chi connectivity index (χ0n) is 17.5. The maximum Gasteiger partial charge on any atom is 0.363 e. The standard InChI is InChI=1S/C23H22Cl2O6/c1-22(2,30-18-10-6-16(24)7-11-18)20(26)28-14-5-15-29-21(27)23(3,4)31-19-12-8-17(25)9-13-19/h6-13H,14H2,1-4H3. The lowest BCUT2D eigenvalue weighted by atomic mass is 10.1. The fourth-order valence-electron chi connectivity index (χ4n) is 2.19. The number of ether oxygens (including phenoxy) is 4. The summed E-state index contributed by atoms with van der Waals surface area (Å²) in [5, 5.41) is 1.11. The molecule has 0 atom stereocenters. The van der Waals surface area contributed by atoms with Gasteiger partial charge in [-0.1, -0.05) is 23.2 Å². The van der Waals surface area contributed by atoms with E-state index in [0.29, 0.717) is 21.5 Å². The lowest BCUT2D eigenvalue weighted by Gasteiger charge is -2.23. The molecule has 0 heterocycles. The summed E-state index contributed by atoms with van der Waals surface area (Å²) in [6, 6.07) is 13.1. The number of rotatable bonds is 7. The van der Waals surface area contributed by atoms with E-state index in [1.807, 2.05) is 0 Å². The Hall–Kier alpha value is -2.88. The zero-order valence-corrected chi connectivity index (χ0v) is 19.0. The SMILES string of the molecule is CC(C)(Oc1ccc(Cl)cc1)C(=O)OC#CCOC(=O)C(C)(C)Oc1ccc(Cl)cc1. The van der Waals surface area contributed by atoms with Gasteiger partial charge in [-0.05, 0) is 82.1 Å². The predicted molar refractivity (Wildman–Crippen MR) is 117 cm³/mol. The van der Waals surface area contributed by atoms with Crippen LogP contribution in [0.5, 0.6) is 11.5 Å². The van der Waals surface area contributed by atoms with Gasteiger partial charge in [0.2, 0.25) is 5.60 Å². The van der Waals surface area contributed by atoms with Crippen molar-refractivity contribution in [3.63, 3.8) is 0 Å². The molecule has 0 N–H and O–H groups in total. The molecule has 164 valence electrons. The topological polar surface area (TPSA) is 71.1 Å². The molecular weight excluding hydrogens is 443 g/mol. The summed E-state index contributed by atoms with van der Waals surface area (Å²) in [5.74, 6) is 2.04. The Morgan fingerprint density at radius 3 is 1.65 bits per heavy atom. The van der Waals surface area contributed by atoms with Gasteiger partial charge in [0.05, 0.1) is 0 Å². The molecular formula is C23H22Cl2O6. The zero-order chi connectivity index (χ0) is 23.1. The van der Waals surface area contributed by atoms with Gasteiger partial charge < -0.3 is 18.9 Å². The lowest BCUT2D eigenvalue weighted by Crippen LogP contribution is -2.40. The number of benzene rings is 2. The minimum atomic E-state index is -1.28. The van der Waals surface area contributed by atoms with E-state index >= 15 is 0 Å². The van der Waals surface area contributed by atoms with Crippen molar-refractivity contribution in [2.24, 2.45) is 0 Å². The highest BCUT2D eigenvalue weighted by molar-refractivity contribution is 6.30. The summed E-state index contributed by atoms with van der Waals surface area (Å²) < 4.78 is 21.2. The van der Waals surface area contributed by atoms with Crippen molar-refractivity contribution < 1.29 is 28.5 Å². The summed E-state index contributed by atoms with van der Waals surface area (Å²) >= 11 is 11.7. The fraction of sp³-hybridized carbons (Fsp3) is 0.304. The third-order valence-corrected chi connectivity index (χ3v) is 4.35. The van der Waals surface area contributed by atoms with Crippen LogP contribution in [0.1, 0.15) is 27.7 Å². The second kappa shape index (κ2) is 10.4. The Morgan fingerprint density at radius 1 is 0.774 bits per heavy atom. The van der Waals surface area contributed by atoms with E-state index in [4.69, 9.17) is 42.1 Å². The van der Waals surface area contributed by atoms with E-state index in [1.165, 1.54) is 0 Å². The van der Waals surface area contributed by atoms with E-state index in [9.17, 15) is 9.59 Å². The normalized spacial score (nSPS) is 11.0. The van der Waals surface area contributed by atoms with E-state index in [1.54, 1.807) is 76.2 Å². The quantitative estimate of drug-likeness (QED) is 0.421. The molecule has 0 aliphatic carbocycles. The first-order valence-corrected chi connectivity index (χ1v) is 10.0. The Kier molecular flexibility index (Phi) is 8.21. The molecule has 0 saturated carbocycles. The first-order chi connectivity index (χ1) is 14.5.